The number of nitrogens with one attached hydrogen (secondary N) is 1. The molecular weight excluding hydrogens is 335 g/mol. The number of carboxylic acid groups (broad SMARTS) is 1. The Labute approximate surface area is 144 Å². The van der Waals surface area contributed by atoms with Crippen LogP contribution in [-0.4, -0.2) is 32.6 Å². The minimum atomic E-state index is -0.807. The van der Waals surface area contributed by atoms with E-state index >= 15 is 0 Å². The summed E-state index contributed by atoms with van der Waals surface area (Å²) in [5.41, 5.74) is 1.17. The van der Waals surface area contributed by atoms with E-state index in [0.717, 1.165) is 0 Å². The lowest BCUT2D eigenvalue weighted by molar-refractivity contribution is -0.142. The number of benzene rings is 1. The van der Waals surface area contributed by atoms with Crippen LogP contribution in [0.4, 0.5) is 4.39 Å². The molecule has 130 valence electrons. The SMILES string of the molecule is CC(C)CC(CNCc1cn(-c2ccc(F)cc2Cl)nn1)C(=O)O. The highest BCUT2D eigenvalue weighted by atomic mass is 35.5. The molecule has 1 aromatic carbocycles. The molecule has 0 aliphatic carbocycles. The second kappa shape index (κ2) is 8.21. The predicted octanol–water partition coefficient (Wildman–Crippen LogP) is 2.90. The summed E-state index contributed by atoms with van der Waals surface area (Å²) in [5, 5.41) is 20.5. The first-order chi connectivity index (χ1) is 11.4. The van der Waals surface area contributed by atoms with Gasteiger partial charge >= 0.3 is 5.97 Å². The number of halogens is 2. The smallest absolute Gasteiger partial charge is 0.307 e. The third-order valence-electron chi connectivity index (χ3n) is 3.50. The Balaban J connectivity index is 1.95. The summed E-state index contributed by atoms with van der Waals surface area (Å²) in [6.07, 6.45) is 2.28. The Morgan fingerprint density at radius 2 is 2.21 bits per heavy atom. The van der Waals surface area contributed by atoms with Crippen molar-refractivity contribution in [2.75, 3.05) is 6.54 Å². The molecule has 0 aliphatic rings. The third kappa shape index (κ3) is 5.01. The van der Waals surface area contributed by atoms with E-state index in [2.05, 4.69) is 15.6 Å². The lowest BCUT2D eigenvalue weighted by Crippen LogP contribution is -2.29. The van der Waals surface area contributed by atoms with E-state index in [-0.39, 0.29) is 5.02 Å². The Hall–Kier alpha value is -1.99. The largest absolute Gasteiger partial charge is 0.481 e. The second-order valence-corrected chi connectivity index (χ2v) is 6.45. The summed E-state index contributed by atoms with van der Waals surface area (Å²) in [4.78, 5) is 11.2. The van der Waals surface area contributed by atoms with Crippen molar-refractivity contribution in [3.05, 3.63) is 40.9 Å². The lowest BCUT2D eigenvalue weighted by Gasteiger charge is -2.14. The number of carboxylic acids is 1. The molecule has 0 fully saturated rings. The van der Waals surface area contributed by atoms with Gasteiger partial charge in [-0.05, 0) is 30.5 Å². The Morgan fingerprint density at radius 3 is 2.83 bits per heavy atom. The summed E-state index contributed by atoms with van der Waals surface area (Å²) >= 11 is 5.99. The van der Waals surface area contributed by atoms with Gasteiger partial charge in [0.05, 0.1) is 28.5 Å². The van der Waals surface area contributed by atoms with Crippen LogP contribution in [0.25, 0.3) is 5.69 Å². The zero-order chi connectivity index (χ0) is 17.7. The van der Waals surface area contributed by atoms with Crippen LogP contribution in [0.1, 0.15) is 26.0 Å². The van der Waals surface area contributed by atoms with Crippen molar-refractivity contribution in [2.24, 2.45) is 11.8 Å². The van der Waals surface area contributed by atoms with Crippen molar-refractivity contribution < 1.29 is 14.3 Å². The van der Waals surface area contributed by atoms with Gasteiger partial charge in [0.25, 0.3) is 0 Å². The number of hydrogen-bond donors (Lipinski definition) is 2. The monoisotopic (exact) mass is 354 g/mol. The number of aromatic nitrogens is 3. The molecule has 1 aromatic heterocycles. The molecule has 0 aliphatic heterocycles. The van der Waals surface area contributed by atoms with Gasteiger partial charge in [-0.3, -0.25) is 4.79 Å². The molecule has 2 aromatic rings. The summed E-state index contributed by atoms with van der Waals surface area (Å²) in [6.45, 7) is 4.74. The molecule has 8 heteroatoms. The third-order valence-corrected chi connectivity index (χ3v) is 3.80. The fraction of sp³-hybridized carbons (Fsp3) is 0.438. The molecule has 0 spiro atoms. The molecule has 1 atom stereocenters. The first-order valence-electron chi connectivity index (χ1n) is 7.67. The van der Waals surface area contributed by atoms with Crippen molar-refractivity contribution in [3.63, 3.8) is 0 Å². The average molecular weight is 355 g/mol. The van der Waals surface area contributed by atoms with Crippen molar-refractivity contribution in [1.29, 1.82) is 0 Å². The highest BCUT2D eigenvalue weighted by Crippen LogP contribution is 2.20. The van der Waals surface area contributed by atoms with Crippen LogP contribution >= 0.6 is 11.6 Å². The van der Waals surface area contributed by atoms with Crippen LogP contribution in [0.15, 0.2) is 24.4 Å². The van der Waals surface area contributed by atoms with E-state index in [1.54, 1.807) is 6.20 Å². The van der Waals surface area contributed by atoms with Gasteiger partial charge in [-0.25, -0.2) is 9.07 Å². The van der Waals surface area contributed by atoms with E-state index in [0.29, 0.717) is 36.8 Å². The fourth-order valence-corrected chi connectivity index (χ4v) is 2.63. The zero-order valence-corrected chi connectivity index (χ0v) is 14.3. The van der Waals surface area contributed by atoms with E-state index in [1.165, 1.54) is 22.9 Å². The van der Waals surface area contributed by atoms with Crippen molar-refractivity contribution in [1.82, 2.24) is 20.3 Å². The molecule has 0 amide bonds. The van der Waals surface area contributed by atoms with Crippen molar-refractivity contribution in [3.8, 4) is 5.69 Å². The van der Waals surface area contributed by atoms with Crippen molar-refractivity contribution in [2.45, 2.75) is 26.8 Å². The van der Waals surface area contributed by atoms with Gasteiger partial charge in [0, 0.05) is 13.1 Å². The molecule has 0 saturated heterocycles. The average Bonchev–Trinajstić information content (AvgIpc) is 2.94. The first-order valence-corrected chi connectivity index (χ1v) is 8.04. The molecule has 0 bridgehead atoms. The molecule has 2 rings (SSSR count). The molecule has 2 N–H and O–H groups in total. The Bertz CT molecular complexity index is 705. The van der Waals surface area contributed by atoms with Crippen LogP contribution in [0, 0.1) is 17.7 Å². The zero-order valence-electron chi connectivity index (χ0n) is 13.5. The normalized spacial score (nSPS) is 12.5. The van der Waals surface area contributed by atoms with E-state index < -0.39 is 17.7 Å². The quantitative estimate of drug-likeness (QED) is 0.762. The molecule has 0 radical (unpaired) electrons. The summed E-state index contributed by atoms with van der Waals surface area (Å²) < 4.78 is 14.5. The minimum absolute atomic E-state index is 0.238. The molecule has 6 nitrogen and oxygen atoms in total. The van der Waals surface area contributed by atoms with Crippen LogP contribution in [0.5, 0.6) is 0 Å². The van der Waals surface area contributed by atoms with E-state index in [9.17, 15) is 14.3 Å². The topological polar surface area (TPSA) is 80.0 Å². The van der Waals surface area contributed by atoms with E-state index in [4.69, 9.17) is 11.6 Å². The predicted molar refractivity (Wildman–Crippen MR) is 88.6 cm³/mol. The maximum absolute atomic E-state index is 13.1. The highest BCUT2D eigenvalue weighted by Gasteiger charge is 2.18. The number of aliphatic carboxylic acids is 1. The number of hydrogen-bond acceptors (Lipinski definition) is 4. The molecule has 24 heavy (non-hydrogen) atoms. The number of rotatable bonds is 8. The molecule has 1 unspecified atom stereocenters. The molecule has 0 saturated carbocycles. The Morgan fingerprint density at radius 1 is 1.46 bits per heavy atom. The van der Waals surface area contributed by atoms with Crippen LogP contribution in [0.2, 0.25) is 5.02 Å². The van der Waals surface area contributed by atoms with Gasteiger partial charge in [0.2, 0.25) is 0 Å². The Kier molecular flexibility index (Phi) is 6.28. The van der Waals surface area contributed by atoms with Gasteiger partial charge in [0.15, 0.2) is 0 Å². The maximum Gasteiger partial charge on any atom is 0.307 e. The summed E-state index contributed by atoms with van der Waals surface area (Å²) in [6, 6.07) is 4.02. The molecule has 1 heterocycles. The van der Waals surface area contributed by atoms with Crippen molar-refractivity contribution >= 4 is 17.6 Å². The summed E-state index contributed by atoms with van der Waals surface area (Å²) in [7, 11) is 0. The van der Waals surface area contributed by atoms with Gasteiger partial charge in [-0.1, -0.05) is 30.7 Å². The molecular formula is C16H20ClFN4O2. The van der Waals surface area contributed by atoms with Gasteiger partial charge in [-0.15, -0.1) is 5.10 Å². The standard InChI is InChI=1S/C16H20ClFN4O2/c1-10(2)5-11(16(23)24)7-19-8-13-9-22(21-20-13)15-4-3-12(18)6-14(15)17/h3-4,6,9-11,19H,5,7-8H2,1-2H3,(H,23,24). The number of carbonyl (C=O) groups is 1. The van der Waals surface area contributed by atoms with Gasteiger partial charge < -0.3 is 10.4 Å². The maximum atomic E-state index is 13.1. The highest BCUT2D eigenvalue weighted by molar-refractivity contribution is 6.32. The van der Waals surface area contributed by atoms with E-state index in [1.807, 2.05) is 13.8 Å². The second-order valence-electron chi connectivity index (χ2n) is 6.05. The lowest BCUT2D eigenvalue weighted by atomic mass is 9.97. The number of nitrogens with zero attached hydrogens (tertiary/aromatic N) is 3. The van der Waals surface area contributed by atoms with Gasteiger partial charge in [-0.2, -0.15) is 0 Å². The summed E-state index contributed by atoms with van der Waals surface area (Å²) in [5.74, 6) is -1.35. The first kappa shape index (κ1) is 18.4. The van der Waals surface area contributed by atoms with Crippen LogP contribution < -0.4 is 5.32 Å². The van der Waals surface area contributed by atoms with Crippen LogP contribution in [0.3, 0.4) is 0 Å². The minimum Gasteiger partial charge on any atom is -0.481 e. The fourth-order valence-electron chi connectivity index (χ4n) is 2.38. The van der Waals surface area contributed by atoms with Crippen LogP contribution in [-0.2, 0) is 11.3 Å². The van der Waals surface area contributed by atoms with Gasteiger partial charge in [0.1, 0.15) is 5.82 Å².